The van der Waals surface area contributed by atoms with E-state index in [9.17, 15) is 31.5 Å². The summed E-state index contributed by atoms with van der Waals surface area (Å²) in [6.45, 7) is 0. The van der Waals surface area contributed by atoms with Gasteiger partial charge in [0, 0.05) is 11.9 Å². The van der Waals surface area contributed by atoms with E-state index >= 15 is 0 Å². The third kappa shape index (κ3) is 3.93. The van der Waals surface area contributed by atoms with Gasteiger partial charge in [0.1, 0.15) is 0 Å². The highest BCUT2D eigenvalue weighted by atomic mass is 19.4. The Hall–Kier alpha value is -2.13. The third-order valence-corrected chi connectivity index (χ3v) is 1.94. The van der Waals surface area contributed by atoms with Gasteiger partial charge in [0.15, 0.2) is 5.75 Å². The van der Waals surface area contributed by atoms with E-state index in [2.05, 4.69) is 4.74 Å². The van der Waals surface area contributed by atoms with Gasteiger partial charge in [-0.05, 0) is 0 Å². The molecule has 0 bridgehead atoms. The summed E-state index contributed by atoms with van der Waals surface area (Å²) in [5, 5.41) is 8.44. The van der Waals surface area contributed by atoms with Crippen LogP contribution in [0.15, 0.2) is 11.0 Å². The maximum Gasteiger partial charge on any atom is 0.573 e. The molecule has 1 aromatic rings. The fourth-order valence-electron chi connectivity index (χ4n) is 1.29. The minimum absolute atomic E-state index is 0.389. The van der Waals surface area contributed by atoms with Crippen LogP contribution in [0.4, 0.5) is 22.0 Å². The number of halogens is 5. The Kier molecular flexibility index (Phi) is 4.12. The minimum Gasteiger partial charge on any atom is -0.481 e. The highest BCUT2D eigenvalue weighted by Gasteiger charge is 2.33. The normalized spacial score (nSPS) is 11.7. The summed E-state index contributed by atoms with van der Waals surface area (Å²) in [5.41, 5.74) is -3.74. The number of aliphatic carboxylic acids is 1. The first kappa shape index (κ1) is 14.9. The zero-order valence-corrected chi connectivity index (χ0v) is 8.92. The van der Waals surface area contributed by atoms with Crippen LogP contribution in [0.2, 0.25) is 0 Å². The van der Waals surface area contributed by atoms with Crippen molar-refractivity contribution in [3.05, 3.63) is 27.7 Å². The Morgan fingerprint density at radius 3 is 2.42 bits per heavy atom. The molecule has 10 heteroatoms. The van der Waals surface area contributed by atoms with Crippen LogP contribution in [0.25, 0.3) is 0 Å². The molecule has 1 aromatic heterocycles. The number of H-pyrrole nitrogens is 1. The van der Waals surface area contributed by atoms with E-state index < -0.39 is 47.6 Å². The second-order valence-electron chi connectivity index (χ2n) is 3.29. The van der Waals surface area contributed by atoms with Gasteiger partial charge in [-0.25, -0.2) is 8.78 Å². The molecule has 19 heavy (non-hydrogen) atoms. The van der Waals surface area contributed by atoms with E-state index in [1.165, 1.54) is 0 Å². The summed E-state index contributed by atoms with van der Waals surface area (Å²) in [6, 6.07) is 0. The number of aromatic amines is 1. The molecule has 0 saturated carbocycles. The highest BCUT2D eigenvalue weighted by molar-refractivity contribution is 5.70. The average molecular weight is 287 g/mol. The maximum atomic E-state index is 12.6. The molecule has 0 spiro atoms. The smallest absolute Gasteiger partial charge is 0.481 e. The number of alkyl halides is 5. The van der Waals surface area contributed by atoms with Crippen molar-refractivity contribution in [3.8, 4) is 5.75 Å². The van der Waals surface area contributed by atoms with Crippen LogP contribution in [-0.4, -0.2) is 22.4 Å². The second kappa shape index (κ2) is 5.24. The largest absolute Gasteiger partial charge is 0.573 e. The van der Waals surface area contributed by atoms with Crippen molar-refractivity contribution in [1.82, 2.24) is 4.98 Å². The first-order valence-electron chi connectivity index (χ1n) is 4.62. The summed E-state index contributed by atoms with van der Waals surface area (Å²) >= 11 is 0. The molecule has 0 fully saturated rings. The lowest BCUT2D eigenvalue weighted by Gasteiger charge is -2.11. The molecule has 0 radical (unpaired) electrons. The van der Waals surface area contributed by atoms with E-state index in [1.54, 1.807) is 0 Å². The number of carboxylic acids is 1. The summed E-state index contributed by atoms with van der Waals surface area (Å²) in [7, 11) is 0. The van der Waals surface area contributed by atoms with Crippen LogP contribution in [0.3, 0.4) is 0 Å². The van der Waals surface area contributed by atoms with Crippen molar-refractivity contribution < 1.29 is 36.6 Å². The Morgan fingerprint density at radius 2 is 2.00 bits per heavy atom. The van der Waals surface area contributed by atoms with Gasteiger partial charge in [0.25, 0.3) is 6.43 Å². The summed E-state index contributed by atoms with van der Waals surface area (Å²) in [5.74, 6) is -2.90. The Labute approximate surface area is 101 Å². The van der Waals surface area contributed by atoms with Gasteiger partial charge in [-0.3, -0.25) is 9.59 Å². The topological polar surface area (TPSA) is 79.4 Å². The molecule has 0 aliphatic rings. The zero-order valence-electron chi connectivity index (χ0n) is 8.92. The van der Waals surface area contributed by atoms with Gasteiger partial charge in [0.2, 0.25) is 5.43 Å². The number of pyridine rings is 1. The number of nitrogens with one attached hydrogen (secondary N) is 1. The molecule has 0 unspecified atom stereocenters. The van der Waals surface area contributed by atoms with Crippen molar-refractivity contribution in [2.45, 2.75) is 19.2 Å². The van der Waals surface area contributed by atoms with Crippen molar-refractivity contribution >= 4 is 5.97 Å². The zero-order chi connectivity index (χ0) is 14.8. The summed E-state index contributed by atoms with van der Waals surface area (Å²) in [4.78, 5) is 23.7. The first-order chi connectivity index (χ1) is 8.61. The van der Waals surface area contributed by atoms with Crippen LogP contribution in [-0.2, 0) is 11.2 Å². The molecule has 1 rings (SSSR count). The molecule has 106 valence electrons. The average Bonchev–Trinajstić information content (AvgIpc) is 2.19. The SMILES string of the molecule is O=C(O)Cc1[nH]cc(OC(F)(F)F)c(=O)c1C(F)F. The van der Waals surface area contributed by atoms with Gasteiger partial charge in [-0.1, -0.05) is 0 Å². The van der Waals surface area contributed by atoms with Crippen molar-refractivity contribution in [3.63, 3.8) is 0 Å². The lowest BCUT2D eigenvalue weighted by atomic mass is 10.1. The van der Waals surface area contributed by atoms with Gasteiger partial charge >= 0.3 is 12.3 Å². The van der Waals surface area contributed by atoms with Crippen molar-refractivity contribution in [2.24, 2.45) is 0 Å². The van der Waals surface area contributed by atoms with E-state index in [0.717, 1.165) is 0 Å². The Morgan fingerprint density at radius 1 is 1.42 bits per heavy atom. The number of carbonyl (C=O) groups is 1. The molecule has 5 nitrogen and oxygen atoms in total. The predicted octanol–water partition coefficient (Wildman–Crippen LogP) is 1.84. The quantitative estimate of drug-likeness (QED) is 0.828. The molecule has 2 N–H and O–H groups in total. The van der Waals surface area contributed by atoms with E-state index in [4.69, 9.17) is 5.11 Å². The van der Waals surface area contributed by atoms with Crippen LogP contribution < -0.4 is 10.2 Å². The Bertz CT molecular complexity index is 536. The molecule has 0 aliphatic carbocycles. The standard InChI is InChI=1S/C9H6F5NO4/c10-8(11)6-3(1-5(16)17)15-2-4(7(6)18)19-9(12,13)14/h2,8H,1H2,(H,15,18)(H,16,17). The van der Waals surface area contributed by atoms with E-state index in [-0.39, 0.29) is 0 Å². The summed E-state index contributed by atoms with van der Waals surface area (Å²) in [6.07, 6.45) is -9.23. The molecular formula is C9H6F5NO4. The first-order valence-corrected chi connectivity index (χ1v) is 4.62. The fraction of sp³-hybridized carbons (Fsp3) is 0.333. The molecule has 0 amide bonds. The number of hydrogen-bond donors (Lipinski definition) is 2. The fourth-order valence-corrected chi connectivity index (χ4v) is 1.29. The number of ether oxygens (including phenoxy) is 1. The van der Waals surface area contributed by atoms with Gasteiger partial charge < -0.3 is 14.8 Å². The lowest BCUT2D eigenvalue weighted by molar-refractivity contribution is -0.275. The maximum absolute atomic E-state index is 12.6. The molecule has 0 saturated heterocycles. The highest BCUT2D eigenvalue weighted by Crippen LogP contribution is 2.24. The number of carboxylic acid groups (broad SMARTS) is 1. The molecular weight excluding hydrogens is 281 g/mol. The summed E-state index contributed by atoms with van der Waals surface area (Å²) < 4.78 is 64.2. The van der Waals surface area contributed by atoms with E-state index in [0.29, 0.717) is 6.20 Å². The van der Waals surface area contributed by atoms with Crippen LogP contribution in [0, 0.1) is 0 Å². The van der Waals surface area contributed by atoms with Crippen LogP contribution in [0.1, 0.15) is 17.7 Å². The predicted molar refractivity (Wildman–Crippen MR) is 50.0 cm³/mol. The molecule has 0 atom stereocenters. The van der Waals surface area contributed by atoms with Crippen LogP contribution in [0.5, 0.6) is 5.75 Å². The van der Waals surface area contributed by atoms with Gasteiger partial charge in [-0.15, -0.1) is 13.2 Å². The number of aromatic nitrogens is 1. The number of rotatable bonds is 4. The van der Waals surface area contributed by atoms with E-state index in [1.807, 2.05) is 4.98 Å². The third-order valence-electron chi connectivity index (χ3n) is 1.94. The van der Waals surface area contributed by atoms with Gasteiger partial charge in [-0.2, -0.15) is 0 Å². The van der Waals surface area contributed by atoms with Gasteiger partial charge in [0.05, 0.1) is 12.0 Å². The number of hydrogen-bond acceptors (Lipinski definition) is 3. The Balaban J connectivity index is 3.31. The lowest BCUT2D eigenvalue weighted by Crippen LogP contribution is -2.25. The molecule has 0 aromatic carbocycles. The minimum atomic E-state index is -5.22. The van der Waals surface area contributed by atoms with Crippen molar-refractivity contribution in [2.75, 3.05) is 0 Å². The monoisotopic (exact) mass is 287 g/mol. The van der Waals surface area contributed by atoms with Crippen molar-refractivity contribution in [1.29, 1.82) is 0 Å². The van der Waals surface area contributed by atoms with Crippen LogP contribution >= 0.6 is 0 Å². The molecule has 0 aliphatic heterocycles. The molecule has 1 heterocycles. The second-order valence-corrected chi connectivity index (χ2v) is 3.29.